The monoisotopic (exact) mass is 517 g/mol. The van der Waals surface area contributed by atoms with Crippen LogP contribution in [0.5, 0.6) is 0 Å². The Hall–Kier alpha value is -3.78. The molecule has 2 aromatic heterocycles. The number of rotatable bonds is 9. The molecule has 0 aliphatic carbocycles. The highest BCUT2D eigenvalue weighted by molar-refractivity contribution is 7.13. The first-order valence-corrected chi connectivity index (χ1v) is 13.2. The fourth-order valence-electron chi connectivity index (χ4n) is 4.66. The van der Waals surface area contributed by atoms with E-state index in [0.29, 0.717) is 17.3 Å². The van der Waals surface area contributed by atoms with Crippen LogP contribution in [0.3, 0.4) is 0 Å². The molecule has 0 fully saturated rings. The van der Waals surface area contributed by atoms with E-state index >= 15 is 0 Å². The lowest BCUT2D eigenvalue weighted by Gasteiger charge is -2.24. The van der Waals surface area contributed by atoms with Gasteiger partial charge in [-0.25, -0.2) is 4.98 Å². The molecule has 2 N–H and O–H groups in total. The number of aromatic nitrogens is 2. The number of amides is 1. The summed E-state index contributed by atoms with van der Waals surface area (Å²) in [5.41, 5.74) is 4.37. The Morgan fingerprint density at radius 3 is 2.46 bits per heavy atom. The molecular weight excluding hydrogens is 486 g/mol. The highest BCUT2D eigenvalue weighted by Crippen LogP contribution is 2.35. The largest absolute Gasteiger partial charge is 0.481 e. The summed E-state index contributed by atoms with van der Waals surface area (Å²) >= 11 is 1.52. The fraction of sp³-hybridized carbons (Fsp3) is 0.310. The van der Waals surface area contributed by atoms with Crippen LogP contribution in [-0.2, 0) is 9.59 Å². The summed E-state index contributed by atoms with van der Waals surface area (Å²) in [6, 6.07) is 13.5. The summed E-state index contributed by atoms with van der Waals surface area (Å²) in [7, 11) is 0. The molecule has 0 bridgehead atoms. The summed E-state index contributed by atoms with van der Waals surface area (Å²) < 4.78 is 1.37. The first-order chi connectivity index (χ1) is 17.7. The van der Waals surface area contributed by atoms with E-state index in [2.05, 4.69) is 10.3 Å². The van der Waals surface area contributed by atoms with Gasteiger partial charge in [-0.1, -0.05) is 44.2 Å². The van der Waals surface area contributed by atoms with Gasteiger partial charge in [-0.2, -0.15) is 0 Å². The predicted octanol–water partition coefficient (Wildman–Crippen LogP) is 5.66. The second kappa shape index (κ2) is 11.1. The summed E-state index contributed by atoms with van der Waals surface area (Å²) in [6.07, 6.45) is 1.55. The number of aliphatic carboxylic acids is 1. The SMILES string of the molecule is Cc1cccc(C)c1-c1cc([C@@H](CC(=O)O)NC(=O)[C@H](CC(C)C)n2cnc3ccccc3c2=O)cs1. The number of para-hydroxylation sites is 1. The van der Waals surface area contributed by atoms with E-state index in [1.807, 2.05) is 63.4 Å². The molecule has 2 aromatic carbocycles. The average molecular weight is 518 g/mol. The standard InChI is InChI=1S/C29H31N3O4S/c1-17(2)12-24(32-16-30-22-11-6-5-10-21(22)29(32)36)28(35)31-23(14-26(33)34)20-13-25(37-15-20)27-18(3)8-7-9-19(27)4/h5-11,13,15-17,23-24H,12,14H2,1-4H3,(H,31,35)(H,33,34)/t23-,24+/m1/s1. The maximum atomic E-state index is 13.6. The molecule has 0 spiro atoms. The summed E-state index contributed by atoms with van der Waals surface area (Å²) in [5.74, 6) is -1.31. The third kappa shape index (κ3) is 5.80. The number of hydrogen-bond donors (Lipinski definition) is 2. The fourth-order valence-corrected chi connectivity index (χ4v) is 5.80. The third-order valence-corrected chi connectivity index (χ3v) is 7.43. The zero-order chi connectivity index (χ0) is 26.7. The molecule has 0 unspecified atom stereocenters. The van der Waals surface area contributed by atoms with E-state index < -0.39 is 24.0 Å². The average Bonchev–Trinajstić information content (AvgIpc) is 3.32. The second-order valence-electron chi connectivity index (χ2n) is 9.79. The number of carbonyl (C=O) groups is 2. The number of carboxylic acids is 1. The molecule has 8 heteroatoms. The van der Waals surface area contributed by atoms with Crippen molar-refractivity contribution in [1.82, 2.24) is 14.9 Å². The van der Waals surface area contributed by atoms with Crippen molar-refractivity contribution in [3.05, 3.63) is 87.3 Å². The number of nitrogens with zero attached hydrogens (tertiary/aromatic N) is 2. The maximum Gasteiger partial charge on any atom is 0.305 e. The molecule has 0 radical (unpaired) electrons. The smallest absolute Gasteiger partial charge is 0.305 e. The molecule has 2 atom stereocenters. The van der Waals surface area contributed by atoms with Crippen LogP contribution in [0.2, 0.25) is 0 Å². The van der Waals surface area contributed by atoms with Gasteiger partial charge in [0.15, 0.2) is 0 Å². The molecule has 0 saturated carbocycles. The van der Waals surface area contributed by atoms with Gasteiger partial charge in [0.1, 0.15) is 6.04 Å². The van der Waals surface area contributed by atoms with Gasteiger partial charge in [0.25, 0.3) is 5.56 Å². The molecule has 1 amide bonds. The Bertz CT molecular complexity index is 1480. The topological polar surface area (TPSA) is 101 Å². The zero-order valence-corrected chi connectivity index (χ0v) is 22.2. The Kier molecular flexibility index (Phi) is 7.88. The van der Waals surface area contributed by atoms with Crippen molar-refractivity contribution in [2.75, 3.05) is 0 Å². The molecule has 37 heavy (non-hydrogen) atoms. The van der Waals surface area contributed by atoms with Crippen molar-refractivity contribution in [2.24, 2.45) is 5.92 Å². The maximum absolute atomic E-state index is 13.6. The van der Waals surface area contributed by atoms with Crippen LogP contribution in [0.1, 0.15) is 55.5 Å². The lowest BCUT2D eigenvalue weighted by atomic mass is 9.99. The van der Waals surface area contributed by atoms with Gasteiger partial charge >= 0.3 is 5.97 Å². The number of fused-ring (bicyclic) bond motifs is 1. The minimum Gasteiger partial charge on any atom is -0.481 e. The Balaban J connectivity index is 1.68. The van der Waals surface area contributed by atoms with Crippen molar-refractivity contribution in [2.45, 2.75) is 52.6 Å². The quantitative estimate of drug-likeness (QED) is 0.298. The highest BCUT2D eigenvalue weighted by Gasteiger charge is 2.28. The van der Waals surface area contributed by atoms with Crippen LogP contribution in [0, 0.1) is 19.8 Å². The molecule has 192 valence electrons. The molecule has 0 saturated heterocycles. The minimum atomic E-state index is -1.02. The first-order valence-electron chi connectivity index (χ1n) is 12.3. The predicted molar refractivity (Wildman–Crippen MR) is 147 cm³/mol. The Morgan fingerprint density at radius 2 is 1.78 bits per heavy atom. The second-order valence-corrected chi connectivity index (χ2v) is 10.7. The van der Waals surface area contributed by atoms with Crippen LogP contribution in [0.15, 0.2) is 65.0 Å². The van der Waals surface area contributed by atoms with Gasteiger partial charge in [-0.3, -0.25) is 19.0 Å². The number of benzene rings is 2. The highest BCUT2D eigenvalue weighted by atomic mass is 32.1. The van der Waals surface area contributed by atoms with Crippen LogP contribution in [0.4, 0.5) is 0 Å². The molecule has 7 nitrogen and oxygen atoms in total. The van der Waals surface area contributed by atoms with E-state index in [-0.39, 0.29) is 17.9 Å². The molecule has 0 aliphatic heterocycles. The van der Waals surface area contributed by atoms with E-state index in [1.165, 1.54) is 22.2 Å². The van der Waals surface area contributed by atoms with Crippen molar-refractivity contribution in [3.8, 4) is 10.4 Å². The van der Waals surface area contributed by atoms with Gasteiger partial charge in [0, 0.05) is 4.88 Å². The molecule has 2 heterocycles. The van der Waals surface area contributed by atoms with Gasteiger partial charge in [-0.15, -0.1) is 11.3 Å². The normalized spacial score (nSPS) is 13.0. The van der Waals surface area contributed by atoms with Gasteiger partial charge < -0.3 is 10.4 Å². The van der Waals surface area contributed by atoms with E-state index in [0.717, 1.165) is 27.1 Å². The summed E-state index contributed by atoms with van der Waals surface area (Å²) in [5, 5.41) is 14.9. The number of nitrogens with one attached hydrogen (secondary N) is 1. The zero-order valence-electron chi connectivity index (χ0n) is 21.4. The lowest BCUT2D eigenvalue weighted by molar-refractivity contribution is -0.138. The van der Waals surface area contributed by atoms with Crippen LogP contribution in [-0.4, -0.2) is 26.5 Å². The van der Waals surface area contributed by atoms with Gasteiger partial charge in [-0.05, 0) is 72.0 Å². The lowest BCUT2D eigenvalue weighted by Crippen LogP contribution is -2.40. The van der Waals surface area contributed by atoms with Crippen LogP contribution in [0.25, 0.3) is 21.3 Å². The van der Waals surface area contributed by atoms with Crippen LogP contribution < -0.4 is 10.9 Å². The molecule has 4 aromatic rings. The number of aryl methyl sites for hydroxylation is 2. The molecule has 0 aliphatic rings. The number of carbonyl (C=O) groups excluding carboxylic acids is 1. The third-order valence-electron chi connectivity index (χ3n) is 6.47. The van der Waals surface area contributed by atoms with E-state index in [1.54, 1.807) is 18.2 Å². The van der Waals surface area contributed by atoms with Gasteiger partial charge in [0.2, 0.25) is 5.91 Å². The first kappa shape index (κ1) is 26.3. The van der Waals surface area contributed by atoms with Crippen molar-refractivity contribution in [3.63, 3.8) is 0 Å². The Morgan fingerprint density at radius 1 is 1.08 bits per heavy atom. The van der Waals surface area contributed by atoms with Crippen molar-refractivity contribution < 1.29 is 14.7 Å². The number of thiophene rings is 1. The minimum absolute atomic E-state index is 0.115. The molecular formula is C29H31N3O4S. The van der Waals surface area contributed by atoms with E-state index in [9.17, 15) is 19.5 Å². The van der Waals surface area contributed by atoms with Crippen molar-refractivity contribution in [1.29, 1.82) is 0 Å². The van der Waals surface area contributed by atoms with E-state index in [4.69, 9.17) is 0 Å². The summed E-state index contributed by atoms with van der Waals surface area (Å²) in [6.45, 7) is 8.04. The number of carboxylic acid groups (broad SMARTS) is 1. The molecule has 4 rings (SSSR count). The van der Waals surface area contributed by atoms with Gasteiger partial charge in [0.05, 0.1) is 29.7 Å². The van der Waals surface area contributed by atoms with Crippen LogP contribution >= 0.6 is 11.3 Å². The Labute approximate surface area is 219 Å². The summed E-state index contributed by atoms with van der Waals surface area (Å²) in [4.78, 5) is 44.0. The number of hydrogen-bond acceptors (Lipinski definition) is 5. The van der Waals surface area contributed by atoms with Crippen molar-refractivity contribution >= 4 is 34.1 Å².